The number of nitrogens with two attached hydrogens (primary N) is 1. The van der Waals surface area contributed by atoms with Crippen molar-refractivity contribution in [1.82, 2.24) is 10.2 Å². The Kier molecular flexibility index (Phi) is 8.29. The Morgan fingerprint density at radius 1 is 1.26 bits per heavy atom. The highest BCUT2D eigenvalue weighted by atomic mass is 35.5. The zero-order valence-corrected chi connectivity index (χ0v) is 13.4. The van der Waals surface area contributed by atoms with Crippen LogP contribution in [-0.2, 0) is 4.79 Å². The Balaban J connectivity index is 0.00000162. The summed E-state index contributed by atoms with van der Waals surface area (Å²) in [6.07, 6.45) is 4.62. The number of fused-ring (bicyclic) bond motifs is 2. The topological polar surface area (TPSA) is 58.4 Å². The van der Waals surface area contributed by atoms with Gasteiger partial charge >= 0.3 is 0 Å². The van der Waals surface area contributed by atoms with Gasteiger partial charge < -0.3 is 16.0 Å². The Hall–Kier alpha value is -0.0300. The van der Waals surface area contributed by atoms with Gasteiger partial charge in [0.25, 0.3) is 0 Å². The van der Waals surface area contributed by atoms with Crippen molar-refractivity contribution in [3.63, 3.8) is 0 Å². The Bertz CT molecular complexity index is 287. The first-order chi connectivity index (χ1) is 8.09. The van der Waals surface area contributed by atoms with Crippen LogP contribution in [0.15, 0.2) is 0 Å². The summed E-state index contributed by atoms with van der Waals surface area (Å²) in [6, 6.07) is 0.114. The molecule has 0 aromatic carbocycles. The lowest BCUT2D eigenvalue weighted by Crippen LogP contribution is -2.45. The van der Waals surface area contributed by atoms with Crippen LogP contribution in [0, 0.1) is 17.8 Å². The van der Waals surface area contributed by atoms with E-state index in [0.29, 0.717) is 11.8 Å². The predicted octanol–water partition coefficient (Wildman–Crippen LogP) is 1.27. The maximum absolute atomic E-state index is 12.1. The lowest BCUT2D eigenvalue weighted by molar-refractivity contribution is -0.127. The molecule has 19 heavy (non-hydrogen) atoms. The van der Waals surface area contributed by atoms with Gasteiger partial charge in [-0.05, 0) is 58.2 Å². The zero-order chi connectivity index (χ0) is 12.4. The van der Waals surface area contributed by atoms with E-state index in [1.165, 1.54) is 19.3 Å². The molecule has 0 saturated heterocycles. The molecule has 0 heterocycles. The average Bonchev–Trinajstić information content (AvgIpc) is 2.84. The fourth-order valence-corrected chi connectivity index (χ4v) is 3.45. The highest BCUT2D eigenvalue weighted by Crippen LogP contribution is 2.47. The van der Waals surface area contributed by atoms with Gasteiger partial charge in [-0.1, -0.05) is 0 Å². The van der Waals surface area contributed by atoms with Gasteiger partial charge in [-0.15, -0.1) is 24.8 Å². The number of rotatable bonds is 5. The first-order valence-corrected chi connectivity index (χ1v) is 6.77. The van der Waals surface area contributed by atoms with Crippen LogP contribution in [0.5, 0.6) is 0 Å². The summed E-state index contributed by atoms with van der Waals surface area (Å²) in [6.45, 7) is 1.79. The summed E-state index contributed by atoms with van der Waals surface area (Å²) in [5.74, 6) is 1.46. The van der Waals surface area contributed by atoms with E-state index < -0.39 is 0 Å². The van der Waals surface area contributed by atoms with Crippen LogP contribution in [-0.4, -0.2) is 44.0 Å². The number of nitrogens with one attached hydrogen (secondary N) is 1. The minimum absolute atomic E-state index is 0. The smallest absolute Gasteiger partial charge is 0.224 e. The fourth-order valence-electron chi connectivity index (χ4n) is 3.45. The first kappa shape index (κ1) is 19.0. The number of halogens is 2. The molecule has 1 amide bonds. The van der Waals surface area contributed by atoms with Crippen LogP contribution in [0.3, 0.4) is 0 Å². The Labute approximate surface area is 128 Å². The third-order valence-corrected chi connectivity index (χ3v) is 4.36. The zero-order valence-electron chi connectivity index (χ0n) is 11.8. The van der Waals surface area contributed by atoms with E-state index in [1.54, 1.807) is 0 Å². The number of nitrogens with zero attached hydrogens (tertiary/aromatic N) is 1. The van der Waals surface area contributed by atoms with E-state index in [0.717, 1.165) is 19.5 Å². The predicted molar refractivity (Wildman–Crippen MR) is 83.0 cm³/mol. The lowest BCUT2D eigenvalue weighted by atomic mass is 9.84. The molecule has 0 spiro atoms. The SMILES string of the molecule is CN(C)CCCNC(=O)C1C2CCC(C2)C1N.Cl.Cl. The van der Waals surface area contributed by atoms with Crippen LogP contribution in [0.1, 0.15) is 25.7 Å². The Morgan fingerprint density at radius 3 is 2.42 bits per heavy atom. The minimum Gasteiger partial charge on any atom is -0.356 e. The van der Waals surface area contributed by atoms with E-state index in [4.69, 9.17) is 5.73 Å². The molecule has 2 bridgehead atoms. The van der Waals surface area contributed by atoms with E-state index in [1.807, 2.05) is 14.1 Å². The molecule has 4 nitrogen and oxygen atoms in total. The number of amides is 1. The van der Waals surface area contributed by atoms with Crippen molar-refractivity contribution < 1.29 is 4.79 Å². The lowest BCUT2D eigenvalue weighted by Gasteiger charge is -2.27. The molecule has 2 aliphatic carbocycles. The third-order valence-electron chi connectivity index (χ3n) is 4.36. The maximum atomic E-state index is 12.1. The summed E-state index contributed by atoms with van der Waals surface area (Å²) < 4.78 is 0. The standard InChI is InChI=1S/C13H25N3O.2ClH/c1-16(2)7-3-6-15-13(17)11-9-4-5-10(8-9)12(11)14;;/h9-12H,3-8,14H2,1-2H3,(H,15,17);2*1H. The van der Waals surface area contributed by atoms with E-state index >= 15 is 0 Å². The first-order valence-electron chi connectivity index (χ1n) is 6.77. The van der Waals surface area contributed by atoms with Crippen molar-refractivity contribution in [2.24, 2.45) is 23.5 Å². The highest BCUT2D eigenvalue weighted by Gasteiger charge is 2.48. The van der Waals surface area contributed by atoms with Gasteiger partial charge in [0.05, 0.1) is 5.92 Å². The molecular weight excluding hydrogens is 285 g/mol. The van der Waals surface area contributed by atoms with Crippen LogP contribution in [0.2, 0.25) is 0 Å². The molecule has 2 fully saturated rings. The summed E-state index contributed by atoms with van der Waals surface area (Å²) >= 11 is 0. The van der Waals surface area contributed by atoms with Crippen LogP contribution < -0.4 is 11.1 Å². The molecule has 0 aliphatic heterocycles. The summed E-state index contributed by atoms with van der Waals surface area (Å²) in [5.41, 5.74) is 6.15. The fraction of sp³-hybridized carbons (Fsp3) is 0.923. The maximum Gasteiger partial charge on any atom is 0.224 e. The van der Waals surface area contributed by atoms with E-state index in [-0.39, 0.29) is 42.7 Å². The van der Waals surface area contributed by atoms with Crippen molar-refractivity contribution >= 4 is 30.7 Å². The van der Waals surface area contributed by atoms with Crippen molar-refractivity contribution in [3.05, 3.63) is 0 Å². The molecule has 3 N–H and O–H groups in total. The van der Waals surface area contributed by atoms with Crippen LogP contribution in [0.25, 0.3) is 0 Å². The second-order valence-corrected chi connectivity index (χ2v) is 5.88. The van der Waals surface area contributed by atoms with Crippen LogP contribution >= 0.6 is 24.8 Å². The molecule has 0 aromatic rings. The summed E-state index contributed by atoms with van der Waals surface area (Å²) in [4.78, 5) is 14.2. The van der Waals surface area contributed by atoms with Crippen molar-refractivity contribution in [2.45, 2.75) is 31.7 Å². The van der Waals surface area contributed by atoms with Crippen molar-refractivity contribution in [3.8, 4) is 0 Å². The number of carbonyl (C=O) groups excluding carboxylic acids is 1. The van der Waals surface area contributed by atoms with Gasteiger partial charge in [0.2, 0.25) is 5.91 Å². The number of carbonyl (C=O) groups is 1. The van der Waals surface area contributed by atoms with Gasteiger partial charge in [0.15, 0.2) is 0 Å². The normalized spacial score (nSPS) is 31.8. The second kappa shape index (κ2) is 8.30. The highest BCUT2D eigenvalue weighted by molar-refractivity contribution is 5.85. The molecule has 2 aliphatic rings. The third kappa shape index (κ3) is 4.48. The van der Waals surface area contributed by atoms with Gasteiger partial charge in [-0.3, -0.25) is 4.79 Å². The summed E-state index contributed by atoms with van der Waals surface area (Å²) in [7, 11) is 4.10. The molecule has 114 valence electrons. The molecular formula is C13H27Cl2N3O. The number of hydrogen-bond acceptors (Lipinski definition) is 3. The largest absolute Gasteiger partial charge is 0.356 e. The average molecular weight is 312 g/mol. The van der Waals surface area contributed by atoms with Gasteiger partial charge in [0, 0.05) is 12.6 Å². The van der Waals surface area contributed by atoms with E-state index in [9.17, 15) is 4.79 Å². The van der Waals surface area contributed by atoms with Crippen molar-refractivity contribution in [2.75, 3.05) is 27.2 Å². The molecule has 0 aromatic heterocycles. The summed E-state index contributed by atoms with van der Waals surface area (Å²) in [5, 5.41) is 3.05. The molecule has 2 saturated carbocycles. The molecule has 4 unspecified atom stereocenters. The van der Waals surface area contributed by atoms with Crippen molar-refractivity contribution in [1.29, 1.82) is 0 Å². The van der Waals surface area contributed by atoms with Gasteiger partial charge in [-0.25, -0.2) is 0 Å². The molecule has 6 heteroatoms. The molecule has 0 radical (unpaired) electrons. The van der Waals surface area contributed by atoms with Crippen LogP contribution in [0.4, 0.5) is 0 Å². The van der Waals surface area contributed by atoms with E-state index in [2.05, 4.69) is 10.2 Å². The molecule has 2 rings (SSSR count). The monoisotopic (exact) mass is 311 g/mol. The minimum atomic E-state index is 0. The Morgan fingerprint density at radius 2 is 1.89 bits per heavy atom. The molecule has 4 atom stereocenters. The quantitative estimate of drug-likeness (QED) is 0.752. The van der Waals surface area contributed by atoms with Gasteiger partial charge in [-0.2, -0.15) is 0 Å². The second-order valence-electron chi connectivity index (χ2n) is 5.88. The number of hydrogen-bond donors (Lipinski definition) is 2. The van der Waals surface area contributed by atoms with Gasteiger partial charge in [0.1, 0.15) is 0 Å².